The first-order valence-corrected chi connectivity index (χ1v) is 7.35. The van der Waals surface area contributed by atoms with Gasteiger partial charge < -0.3 is 4.74 Å². The SMILES string of the molecule is O=C(COc1ccc(F)cc1)NNC(=O)c1cccc(I)c1. The van der Waals surface area contributed by atoms with Crippen LogP contribution in [-0.2, 0) is 4.79 Å². The van der Waals surface area contributed by atoms with Gasteiger partial charge in [0.25, 0.3) is 11.8 Å². The van der Waals surface area contributed by atoms with Crippen LogP contribution in [0.4, 0.5) is 4.39 Å². The maximum absolute atomic E-state index is 12.7. The molecule has 0 spiro atoms. The summed E-state index contributed by atoms with van der Waals surface area (Å²) in [5.41, 5.74) is 4.97. The molecule has 5 nitrogen and oxygen atoms in total. The molecular weight excluding hydrogens is 402 g/mol. The number of halogens is 2. The van der Waals surface area contributed by atoms with Crippen molar-refractivity contribution in [3.05, 3.63) is 63.5 Å². The van der Waals surface area contributed by atoms with Crippen LogP contribution in [0.15, 0.2) is 48.5 Å². The van der Waals surface area contributed by atoms with Crippen LogP contribution in [0.25, 0.3) is 0 Å². The Morgan fingerprint density at radius 2 is 1.82 bits per heavy atom. The maximum atomic E-state index is 12.7. The minimum Gasteiger partial charge on any atom is -0.484 e. The molecular formula is C15H12FIN2O3. The first kappa shape index (κ1) is 16.2. The molecule has 0 radical (unpaired) electrons. The second-order valence-corrected chi connectivity index (χ2v) is 5.50. The average Bonchev–Trinajstić information content (AvgIpc) is 2.52. The van der Waals surface area contributed by atoms with Gasteiger partial charge in [-0.3, -0.25) is 20.4 Å². The maximum Gasteiger partial charge on any atom is 0.276 e. The molecule has 0 bridgehead atoms. The van der Waals surface area contributed by atoms with E-state index >= 15 is 0 Å². The fraction of sp³-hybridized carbons (Fsp3) is 0.0667. The number of amides is 2. The first-order chi connectivity index (χ1) is 10.5. The fourth-order valence-electron chi connectivity index (χ4n) is 1.54. The van der Waals surface area contributed by atoms with Gasteiger partial charge in [0.2, 0.25) is 0 Å². The van der Waals surface area contributed by atoms with Gasteiger partial charge in [-0.2, -0.15) is 0 Å². The van der Waals surface area contributed by atoms with E-state index in [4.69, 9.17) is 4.74 Å². The van der Waals surface area contributed by atoms with Crippen molar-refractivity contribution in [2.45, 2.75) is 0 Å². The minimum absolute atomic E-state index is 0.293. The molecule has 0 fully saturated rings. The van der Waals surface area contributed by atoms with Gasteiger partial charge in [0.1, 0.15) is 11.6 Å². The van der Waals surface area contributed by atoms with Crippen LogP contribution in [0.1, 0.15) is 10.4 Å². The molecule has 0 aliphatic heterocycles. The van der Waals surface area contributed by atoms with Crippen LogP contribution in [-0.4, -0.2) is 18.4 Å². The van der Waals surface area contributed by atoms with Crippen LogP contribution in [0.2, 0.25) is 0 Å². The van der Waals surface area contributed by atoms with E-state index in [0.29, 0.717) is 11.3 Å². The Morgan fingerprint density at radius 1 is 1.09 bits per heavy atom. The van der Waals surface area contributed by atoms with E-state index in [-0.39, 0.29) is 12.4 Å². The number of hydrogen-bond donors (Lipinski definition) is 2. The van der Waals surface area contributed by atoms with E-state index < -0.39 is 11.8 Å². The number of ether oxygens (including phenoxy) is 1. The summed E-state index contributed by atoms with van der Waals surface area (Å²) in [5, 5.41) is 0. The van der Waals surface area contributed by atoms with Gasteiger partial charge in [-0.1, -0.05) is 6.07 Å². The monoisotopic (exact) mass is 414 g/mol. The second-order valence-electron chi connectivity index (χ2n) is 4.26. The summed E-state index contributed by atoms with van der Waals surface area (Å²) >= 11 is 2.09. The third kappa shape index (κ3) is 4.99. The van der Waals surface area contributed by atoms with Crippen LogP contribution in [0.5, 0.6) is 5.75 Å². The van der Waals surface area contributed by atoms with Crippen molar-refractivity contribution >= 4 is 34.4 Å². The van der Waals surface area contributed by atoms with Gasteiger partial charge in [0, 0.05) is 9.13 Å². The lowest BCUT2D eigenvalue weighted by Crippen LogP contribution is -2.43. The van der Waals surface area contributed by atoms with Crippen molar-refractivity contribution in [1.82, 2.24) is 10.9 Å². The summed E-state index contributed by atoms with van der Waals surface area (Å²) < 4.78 is 18.8. The summed E-state index contributed by atoms with van der Waals surface area (Å²) in [6, 6.07) is 12.2. The molecule has 7 heteroatoms. The molecule has 0 aromatic heterocycles. The molecule has 0 aliphatic carbocycles. The lowest BCUT2D eigenvalue weighted by atomic mass is 10.2. The predicted molar refractivity (Wildman–Crippen MR) is 86.7 cm³/mol. The smallest absolute Gasteiger partial charge is 0.276 e. The van der Waals surface area contributed by atoms with Gasteiger partial charge in [-0.15, -0.1) is 0 Å². The predicted octanol–water partition coefficient (Wildman–Crippen LogP) is 2.27. The Morgan fingerprint density at radius 3 is 2.50 bits per heavy atom. The van der Waals surface area contributed by atoms with E-state index in [1.54, 1.807) is 18.2 Å². The highest BCUT2D eigenvalue weighted by atomic mass is 127. The zero-order chi connectivity index (χ0) is 15.9. The third-order valence-corrected chi connectivity index (χ3v) is 3.26. The molecule has 0 saturated carbocycles. The molecule has 0 heterocycles. The highest BCUT2D eigenvalue weighted by molar-refractivity contribution is 14.1. The highest BCUT2D eigenvalue weighted by Crippen LogP contribution is 2.10. The summed E-state index contributed by atoms with van der Waals surface area (Å²) in [7, 11) is 0. The standard InChI is InChI=1S/C15H12FIN2O3/c16-11-4-6-13(7-5-11)22-9-14(20)18-19-15(21)10-2-1-3-12(17)8-10/h1-8H,9H2,(H,18,20)(H,19,21). The fourth-order valence-corrected chi connectivity index (χ4v) is 2.09. The summed E-state index contributed by atoms with van der Waals surface area (Å²) in [4.78, 5) is 23.4. The van der Waals surface area contributed by atoms with Crippen molar-refractivity contribution in [2.24, 2.45) is 0 Å². The van der Waals surface area contributed by atoms with Crippen LogP contribution < -0.4 is 15.6 Å². The molecule has 2 aromatic rings. The molecule has 2 N–H and O–H groups in total. The van der Waals surface area contributed by atoms with E-state index in [0.717, 1.165) is 3.57 Å². The van der Waals surface area contributed by atoms with Crippen molar-refractivity contribution in [1.29, 1.82) is 0 Å². The highest BCUT2D eigenvalue weighted by Gasteiger charge is 2.08. The Kier molecular flexibility index (Phi) is 5.70. The average molecular weight is 414 g/mol. The number of hydrogen-bond acceptors (Lipinski definition) is 3. The van der Waals surface area contributed by atoms with Gasteiger partial charge in [0.05, 0.1) is 0 Å². The largest absolute Gasteiger partial charge is 0.484 e. The Labute approximate surface area is 140 Å². The molecule has 0 aliphatic rings. The zero-order valence-corrected chi connectivity index (χ0v) is 13.5. The molecule has 2 amide bonds. The van der Waals surface area contributed by atoms with Crippen LogP contribution >= 0.6 is 22.6 Å². The number of rotatable bonds is 4. The Balaban J connectivity index is 1.78. The molecule has 114 valence electrons. The Hall–Kier alpha value is -2.16. The lowest BCUT2D eigenvalue weighted by Gasteiger charge is -2.09. The van der Waals surface area contributed by atoms with Gasteiger partial charge in [-0.05, 0) is 65.1 Å². The van der Waals surface area contributed by atoms with Crippen molar-refractivity contribution in [2.75, 3.05) is 6.61 Å². The summed E-state index contributed by atoms with van der Waals surface area (Å²) in [5.74, 6) is -0.973. The summed E-state index contributed by atoms with van der Waals surface area (Å²) in [6.07, 6.45) is 0. The van der Waals surface area contributed by atoms with E-state index in [1.807, 2.05) is 6.07 Å². The van der Waals surface area contributed by atoms with Crippen LogP contribution in [0.3, 0.4) is 0 Å². The number of carbonyl (C=O) groups excluding carboxylic acids is 2. The second kappa shape index (κ2) is 7.74. The Bertz CT molecular complexity index is 677. The van der Waals surface area contributed by atoms with E-state index in [2.05, 4.69) is 33.4 Å². The molecule has 0 saturated heterocycles. The number of nitrogens with one attached hydrogen (secondary N) is 2. The zero-order valence-electron chi connectivity index (χ0n) is 11.3. The van der Waals surface area contributed by atoms with Crippen molar-refractivity contribution in [3.63, 3.8) is 0 Å². The third-order valence-electron chi connectivity index (χ3n) is 2.59. The molecule has 0 unspecified atom stereocenters. The van der Waals surface area contributed by atoms with Gasteiger partial charge >= 0.3 is 0 Å². The molecule has 22 heavy (non-hydrogen) atoms. The quantitative estimate of drug-likeness (QED) is 0.596. The topological polar surface area (TPSA) is 67.4 Å². The molecule has 2 rings (SSSR count). The van der Waals surface area contributed by atoms with Crippen LogP contribution in [0, 0.1) is 9.39 Å². The molecule has 2 aromatic carbocycles. The number of carbonyl (C=O) groups is 2. The molecule has 0 atom stereocenters. The van der Waals surface area contributed by atoms with Crippen molar-refractivity contribution in [3.8, 4) is 5.75 Å². The summed E-state index contributed by atoms with van der Waals surface area (Å²) in [6.45, 7) is -0.293. The first-order valence-electron chi connectivity index (χ1n) is 6.28. The van der Waals surface area contributed by atoms with Gasteiger partial charge in [-0.25, -0.2) is 4.39 Å². The van der Waals surface area contributed by atoms with Gasteiger partial charge in [0.15, 0.2) is 6.61 Å². The van der Waals surface area contributed by atoms with Crippen molar-refractivity contribution < 1.29 is 18.7 Å². The number of benzene rings is 2. The van der Waals surface area contributed by atoms with E-state index in [9.17, 15) is 14.0 Å². The normalized spacial score (nSPS) is 9.91. The minimum atomic E-state index is -0.525. The van der Waals surface area contributed by atoms with E-state index in [1.165, 1.54) is 24.3 Å². The lowest BCUT2D eigenvalue weighted by molar-refractivity contribution is -0.123. The number of hydrazine groups is 1.